The van der Waals surface area contributed by atoms with Crippen LogP contribution in [-0.4, -0.2) is 26.2 Å². The van der Waals surface area contributed by atoms with Crippen molar-refractivity contribution in [2.24, 2.45) is 0 Å². The third kappa shape index (κ3) is 3.83. The van der Waals surface area contributed by atoms with Gasteiger partial charge < -0.3 is 0 Å². The molecule has 0 radical (unpaired) electrons. The van der Waals surface area contributed by atoms with Crippen molar-refractivity contribution in [3.05, 3.63) is 64.7 Å². The Morgan fingerprint density at radius 2 is 1.58 bits per heavy atom. The van der Waals surface area contributed by atoms with Crippen LogP contribution in [0, 0.1) is 0 Å². The highest BCUT2D eigenvalue weighted by atomic mass is 16.2. The third-order valence-corrected chi connectivity index (χ3v) is 5.39. The Bertz CT molecular complexity index is 759. The molecule has 0 saturated carbocycles. The van der Waals surface area contributed by atoms with Crippen LogP contribution in [0.4, 0.5) is 10.5 Å². The van der Waals surface area contributed by atoms with Gasteiger partial charge in [-0.25, -0.2) is 9.28 Å². The monoisotopic (exact) mass is 351 g/mol. The maximum absolute atomic E-state index is 12.4. The highest BCUT2D eigenvalue weighted by Gasteiger charge is 2.40. The molecule has 138 valence electrons. The number of hydrogen-bond donors (Lipinski definition) is 1. The summed E-state index contributed by atoms with van der Waals surface area (Å²) in [5, 5.41) is 2.98. The number of aryl methyl sites for hydroxylation is 2. The Morgan fingerprint density at radius 3 is 2.15 bits per heavy atom. The summed E-state index contributed by atoms with van der Waals surface area (Å²) in [6.07, 6.45) is 5.47. The minimum atomic E-state index is 0.101. The van der Waals surface area contributed by atoms with Gasteiger partial charge in [0.15, 0.2) is 0 Å². The summed E-state index contributed by atoms with van der Waals surface area (Å²) in [6.45, 7) is 6.03. The zero-order chi connectivity index (χ0) is 18.6. The molecule has 1 aliphatic rings. The Morgan fingerprint density at radius 1 is 0.962 bits per heavy atom. The van der Waals surface area contributed by atoms with Gasteiger partial charge in [-0.15, -0.1) is 0 Å². The molecule has 3 heteroatoms. The first-order valence-electron chi connectivity index (χ1n) is 9.91. The van der Waals surface area contributed by atoms with Crippen LogP contribution in [0.25, 0.3) is 0 Å². The number of nitrogens with one attached hydrogen (secondary N) is 1. The molecule has 1 aliphatic heterocycles. The van der Waals surface area contributed by atoms with Gasteiger partial charge in [0.25, 0.3) is 0 Å². The SMILES string of the molecule is CCCc1cc(CCC)cc(Cc2ccccc2[N+]2(C)CCNC2=O)c1. The molecule has 0 bridgehead atoms. The molecule has 2 aromatic rings. The van der Waals surface area contributed by atoms with Crippen LogP contribution in [-0.2, 0) is 19.3 Å². The topological polar surface area (TPSA) is 29.1 Å². The average Bonchev–Trinajstić information content (AvgIpc) is 2.96. The minimum absolute atomic E-state index is 0.101. The maximum atomic E-state index is 12.4. The van der Waals surface area contributed by atoms with Gasteiger partial charge in [0.1, 0.15) is 12.2 Å². The zero-order valence-electron chi connectivity index (χ0n) is 16.3. The number of carbonyl (C=O) groups is 1. The second-order valence-corrected chi connectivity index (χ2v) is 7.61. The molecule has 1 N–H and O–H groups in total. The second kappa shape index (κ2) is 8.05. The number of para-hydroxylation sites is 1. The molecule has 2 amide bonds. The number of quaternary nitrogens is 1. The lowest BCUT2D eigenvalue weighted by molar-refractivity contribution is 0.225. The molecule has 3 rings (SSSR count). The standard InChI is InChI=1S/C23H30N2O/c1-4-8-18-14-19(9-5-2)16-20(15-18)17-21-10-6-7-11-22(21)25(3)13-12-24-23(25)26/h6-7,10-11,14-16H,4-5,8-9,12-13,17H2,1-3H3/p+1. The predicted molar refractivity (Wildman–Crippen MR) is 110 cm³/mol. The van der Waals surface area contributed by atoms with E-state index in [4.69, 9.17) is 0 Å². The van der Waals surface area contributed by atoms with Gasteiger partial charge in [-0.3, -0.25) is 5.32 Å². The Balaban J connectivity index is 1.96. The number of urea groups is 1. The second-order valence-electron chi connectivity index (χ2n) is 7.61. The van der Waals surface area contributed by atoms with Crippen LogP contribution < -0.4 is 9.80 Å². The predicted octanol–water partition coefficient (Wildman–Crippen LogP) is 4.84. The van der Waals surface area contributed by atoms with Crippen molar-refractivity contribution in [3.63, 3.8) is 0 Å². The first-order valence-corrected chi connectivity index (χ1v) is 9.91. The van der Waals surface area contributed by atoms with Crippen LogP contribution >= 0.6 is 0 Å². The number of likely N-dealkylation sites (N-methyl/N-ethyl adjacent to an activating group) is 1. The number of nitrogens with zero attached hydrogens (tertiary/aromatic N) is 1. The van der Waals surface area contributed by atoms with E-state index < -0.39 is 0 Å². The maximum Gasteiger partial charge on any atom is 0.421 e. The van der Waals surface area contributed by atoms with E-state index in [2.05, 4.69) is 55.6 Å². The summed E-state index contributed by atoms with van der Waals surface area (Å²) in [7, 11) is 2.02. The van der Waals surface area contributed by atoms with E-state index in [9.17, 15) is 4.79 Å². The van der Waals surface area contributed by atoms with Gasteiger partial charge >= 0.3 is 6.03 Å². The lowest BCUT2D eigenvalue weighted by atomic mass is 9.95. The van der Waals surface area contributed by atoms with Gasteiger partial charge in [0.2, 0.25) is 0 Å². The van der Waals surface area contributed by atoms with Crippen LogP contribution in [0.3, 0.4) is 0 Å². The summed E-state index contributed by atoms with van der Waals surface area (Å²) in [5.41, 5.74) is 6.61. The summed E-state index contributed by atoms with van der Waals surface area (Å²) < 4.78 is 0.354. The van der Waals surface area contributed by atoms with Gasteiger partial charge in [0.05, 0.1) is 13.6 Å². The molecule has 0 aliphatic carbocycles. The largest absolute Gasteiger partial charge is 0.421 e. The smallest absolute Gasteiger partial charge is 0.300 e. The highest BCUT2D eigenvalue weighted by Crippen LogP contribution is 2.30. The summed E-state index contributed by atoms with van der Waals surface area (Å²) in [6, 6.07) is 15.6. The zero-order valence-corrected chi connectivity index (χ0v) is 16.3. The van der Waals surface area contributed by atoms with Crippen molar-refractivity contribution >= 4 is 11.7 Å². The van der Waals surface area contributed by atoms with E-state index in [-0.39, 0.29) is 6.03 Å². The molecule has 0 spiro atoms. The molecule has 26 heavy (non-hydrogen) atoms. The molecule has 0 aromatic heterocycles. The molecule has 3 nitrogen and oxygen atoms in total. The van der Waals surface area contributed by atoms with Gasteiger partial charge in [-0.05, 0) is 35.6 Å². The van der Waals surface area contributed by atoms with Crippen molar-refractivity contribution in [1.29, 1.82) is 0 Å². The van der Waals surface area contributed by atoms with Gasteiger partial charge in [-0.2, -0.15) is 0 Å². The fraction of sp³-hybridized carbons (Fsp3) is 0.435. The number of benzene rings is 2. The van der Waals surface area contributed by atoms with E-state index in [1.165, 1.54) is 35.1 Å². The molecule has 1 atom stereocenters. The molecule has 1 fully saturated rings. The number of rotatable bonds is 7. The molecule has 2 aromatic carbocycles. The summed E-state index contributed by atoms with van der Waals surface area (Å²) >= 11 is 0. The fourth-order valence-corrected chi connectivity index (χ4v) is 4.06. The molecule has 1 unspecified atom stereocenters. The fourth-order valence-electron chi connectivity index (χ4n) is 4.06. The lowest BCUT2D eigenvalue weighted by Crippen LogP contribution is -2.48. The average molecular weight is 352 g/mol. The van der Waals surface area contributed by atoms with Crippen molar-refractivity contribution < 1.29 is 4.79 Å². The van der Waals surface area contributed by atoms with E-state index in [0.717, 1.165) is 38.0 Å². The highest BCUT2D eigenvalue weighted by molar-refractivity contribution is 5.89. The quantitative estimate of drug-likeness (QED) is 0.710. The minimum Gasteiger partial charge on any atom is -0.300 e. The van der Waals surface area contributed by atoms with E-state index in [0.29, 0.717) is 4.48 Å². The van der Waals surface area contributed by atoms with E-state index >= 15 is 0 Å². The van der Waals surface area contributed by atoms with Crippen molar-refractivity contribution in [2.75, 3.05) is 20.1 Å². The third-order valence-electron chi connectivity index (χ3n) is 5.39. The normalized spacial score (nSPS) is 19.6. The molecule has 1 heterocycles. The van der Waals surface area contributed by atoms with Crippen molar-refractivity contribution in [2.45, 2.75) is 46.0 Å². The summed E-state index contributed by atoms with van der Waals surface area (Å²) in [5.74, 6) is 0. The van der Waals surface area contributed by atoms with E-state index in [1.807, 2.05) is 13.1 Å². The molecular formula is C23H31N2O+. The Hall–Kier alpha value is -2.13. The molecular weight excluding hydrogens is 320 g/mol. The number of hydrogen-bond acceptors (Lipinski definition) is 1. The van der Waals surface area contributed by atoms with Crippen molar-refractivity contribution in [1.82, 2.24) is 9.80 Å². The molecule has 1 saturated heterocycles. The van der Waals surface area contributed by atoms with Gasteiger partial charge in [-0.1, -0.05) is 63.1 Å². The van der Waals surface area contributed by atoms with Crippen LogP contribution in [0.15, 0.2) is 42.5 Å². The van der Waals surface area contributed by atoms with Crippen molar-refractivity contribution in [3.8, 4) is 0 Å². The van der Waals surface area contributed by atoms with Crippen LogP contribution in [0.5, 0.6) is 0 Å². The Kier molecular flexibility index (Phi) is 5.77. The first-order chi connectivity index (χ1) is 12.6. The number of carbonyl (C=O) groups excluding carboxylic acids is 1. The van der Waals surface area contributed by atoms with Crippen LogP contribution in [0.2, 0.25) is 0 Å². The van der Waals surface area contributed by atoms with Crippen LogP contribution in [0.1, 0.15) is 48.9 Å². The van der Waals surface area contributed by atoms with E-state index in [1.54, 1.807) is 0 Å². The first kappa shape index (κ1) is 18.7. The number of amides is 2. The Labute approximate surface area is 157 Å². The summed E-state index contributed by atoms with van der Waals surface area (Å²) in [4.78, 5) is 12.4. The van der Waals surface area contributed by atoms with Gasteiger partial charge in [0, 0.05) is 12.0 Å². The lowest BCUT2D eigenvalue weighted by Gasteiger charge is -2.26.